The molecule has 0 amide bonds. The lowest BCUT2D eigenvalue weighted by Crippen LogP contribution is -2.23. The highest BCUT2D eigenvalue weighted by Crippen LogP contribution is 2.47. The van der Waals surface area contributed by atoms with Crippen LogP contribution < -0.4 is 0 Å². The van der Waals surface area contributed by atoms with E-state index in [1.165, 1.54) is 25.8 Å². The zero-order chi connectivity index (χ0) is 9.14. The van der Waals surface area contributed by atoms with Gasteiger partial charge >= 0.3 is 0 Å². The smallest absolute Gasteiger partial charge is 0.000621 e. The second-order valence-electron chi connectivity index (χ2n) is 4.50. The second-order valence-corrected chi connectivity index (χ2v) is 4.50. The van der Waals surface area contributed by atoms with Crippen LogP contribution in [0.3, 0.4) is 0 Å². The first-order valence-electron chi connectivity index (χ1n) is 5.33. The minimum Gasteiger partial charge on any atom is -0.309 e. The Balaban J connectivity index is 2.27. The summed E-state index contributed by atoms with van der Waals surface area (Å²) in [5, 5.41) is 0. The molecule has 0 radical (unpaired) electrons. The predicted octanol–water partition coefficient (Wildman–Crippen LogP) is 2.62. The van der Waals surface area contributed by atoms with Crippen molar-refractivity contribution in [2.75, 3.05) is 20.6 Å². The van der Waals surface area contributed by atoms with Crippen molar-refractivity contribution in [3.8, 4) is 0 Å². The monoisotopic (exact) mass is 169 g/mol. The quantitative estimate of drug-likeness (QED) is 0.611. The Morgan fingerprint density at radius 2 is 2.00 bits per heavy atom. The van der Waals surface area contributed by atoms with Crippen molar-refractivity contribution in [3.63, 3.8) is 0 Å². The third-order valence-electron chi connectivity index (χ3n) is 3.23. The molecule has 0 aliphatic heterocycles. The summed E-state index contributed by atoms with van der Waals surface area (Å²) in [5.41, 5.74) is 0. The Kier molecular flexibility index (Phi) is 3.57. The molecule has 12 heavy (non-hydrogen) atoms. The van der Waals surface area contributed by atoms with Gasteiger partial charge in [-0.1, -0.05) is 26.7 Å². The van der Waals surface area contributed by atoms with Gasteiger partial charge in [0.25, 0.3) is 0 Å². The molecule has 0 aromatic carbocycles. The predicted molar refractivity (Wildman–Crippen MR) is 54.2 cm³/mol. The van der Waals surface area contributed by atoms with Crippen molar-refractivity contribution in [2.45, 2.75) is 33.1 Å². The van der Waals surface area contributed by atoms with Crippen LogP contribution in [0.25, 0.3) is 0 Å². The van der Waals surface area contributed by atoms with Crippen LogP contribution >= 0.6 is 0 Å². The Hall–Kier alpha value is -0.0400. The highest BCUT2D eigenvalue weighted by Gasteiger charge is 2.40. The average Bonchev–Trinajstić information content (AvgIpc) is 2.78. The van der Waals surface area contributed by atoms with Crippen LogP contribution in [0, 0.1) is 17.8 Å². The third kappa shape index (κ3) is 2.48. The van der Waals surface area contributed by atoms with Gasteiger partial charge in [0.15, 0.2) is 0 Å². The van der Waals surface area contributed by atoms with Crippen LogP contribution in [-0.2, 0) is 0 Å². The van der Waals surface area contributed by atoms with Crippen molar-refractivity contribution in [3.05, 3.63) is 0 Å². The first-order valence-corrected chi connectivity index (χ1v) is 5.33. The highest BCUT2D eigenvalue weighted by molar-refractivity contribution is 4.90. The summed E-state index contributed by atoms with van der Waals surface area (Å²) in [4.78, 5) is 2.33. The fraction of sp³-hybridized carbons (Fsp3) is 1.00. The minimum atomic E-state index is 0.963. The Bertz CT molecular complexity index is 131. The lowest BCUT2D eigenvalue weighted by molar-refractivity contribution is 0.285. The van der Waals surface area contributed by atoms with E-state index in [0.717, 1.165) is 17.8 Å². The van der Waals surface area contributed by atoms with Crippen molar-refractivity contribution in [1.29, 1.82) is 0 Å². The van der Waals surface area contributed by atoms with E-state index in [4.69, 9.17) is 0 Å². The van der Waals surface area contributed by atoms with Crippen LogP contribution in [0.4, 0.5) is 0 Å². The van der Waals surface area contributed by atoms with Crippen LogP contribution in [-0.4, -0.2) is 25.5 Å². The van der Waals surface area contributed by atoms with Crippen LogP contribution in [0.1, 0.15) is 33.1 Å². The molecule has 1 rings (SSSR count). The first kappa shape index (κ1) is 10.0. The molecule has 0 bridgehead atoms. The summed E-state index contributed by atoms with van der Waals surface area (Å²) in [6, 6.07) is 0. The van der Waals surface area contributed by atoms with Crippen molar-refractivity contribution < 1.29 is 0 Å². The highest BCUT2D eigenvalue weighted by atomic mass is 15.1. The van der Waals surface area contributed by atoms with E-state index in [1.54, 1.807) is 0 Å². The van der Waals surface area contributed by atoms with Gasteiger partial charge in [0.2, 0.25) is 0 Å². The number of nitrogens with zero attached hydrogens (tertiary/aromatic N) is 1. The van der Waals surface area contributed by atoms with Gasteiger partial charge in [-0.2, -0.15) is 0 Å². The van der Waals surface area contributed by atoms with E-state index in [9.17, 15) is 0 Å². The van der Waals surface area contributed by atoms with Crippen molar-refractivity contribution in [2.24, 2.45) is 17.8 Å². The van der Waals surface area contributed by atoms with Crippen LogP contribution in [0.5, 0.6) is 0 Å². The largest absolute Gasteiger partial charge is 0.309 e. The number of rotatable bonds is 5. The van der Waals surface area contributed by atoms with Crippen LogP contribution in [0.15, 0.2) is 0 Å². The van der Waals surface area contributed by atoms with Crippen molar-refractivity contribution in [1.82, 2.24) is 4.90 Å². The molecule has 0 aromatic heterocycles. The maximum atomic E-state index is 2.33. The molecule has 1 nitrogen and oxygen atoms in total. The maximum absolute atomic E-state index is 2.33. The molecule has 0 aromatic rings. The molecular formula is C11H23N. The van der Waals surface area contributed by atoms with Gasteiger partial charge in [-0.25, -0.2) is 0 Å². The molecule has 1 aliphatic rings. The lowest BCUT2D eigenvalue weighted by atomic mass is 9.98. The Morgan fingerprint density at radius 3 is 2.33 bits per heavy atom. The molecule has 1 saturated carbocycles. The number of hydrogen-bond donors (Lipinski definition) is 0. The van der Waals surface area contributed by atoms with E-state index >= 15 is 0 Å². The van der Waals surface area contributed by atoms with Gasteiger partial charge < -0.3 is 4.90 Å². The summed E-state index contributed by atoms with van der Waals surface area (Å²) < 4.78 is 0. The average molecular weight is 169 g/mol. The van der Waals surface area contributed by atoms with E-state index in [-0.39, 0.29) is 0 Å². The van der Waals surface area contributed by atoms with E-state index < -0.39 is 0 Å². The summed E-state index contributed by atoms with van der Waals surface area (Å²) in [6.07, 6.45) is 4.26. The second kappa shape index (κ2) is 4.27. The van der Waals surface area contributed by atoms with Gasteiger partial charge in [0, 0.05) is 6.54 Å². The molecule has 1 heteroatoms. The first-order chi connectivity index (χ1) is 5.69. The van der Waals surface area contributed by atoms with Gasteiger partial charge in [-0.3, -0.25) is 0 Å². The van der Waals surface area contributed by atoms with Gasteiger partial charge in [-0.15, -0.1) is 0 Å². The van der Waals surface area contributed by atoms with E-state index in [2.05, 4.69) is 32.8 Å². The van der Waals surface area contributed by atoms with Gasteiger partial charge in [-0.05, 0) is 38.3 Å². The summed E-state index contributed by atoms with van der Waals surface area (Å²) >= 11 is 0. The fourth-order valence-corrected chi connectivity index (χ4v) is 2.35. The van der Waals surface area contributed by atoms with Gasteiger partial charge in [0.05, 0.1) is 0 Å². The van der Waals surface area contributed by atoms with E-state index in [1.807, 2.05) is 0 Å². The molecule has 0 saturated heterocycles. The molecule has 72 valence electrons. The normalized spacial score (nSPS) is 30.8. The maximum Gasteiger partial charge on any atom is 0.000621 e. The molecule has 1 aliphatic carbocycles. The van der Waals surface area contributed by atoms with Crippen LogP contribution in [0.2, 0.25) is 0 Å². The summed E-state index contributed by atoms with van der Waals surface area (Å²) in [6.45, 7) is 5.95. The molecule has 3 atom stereocenters. The zero-order valence-corrected chi connectivity index (χ0v) is 9.01. The Morgan fingerprint density at radius 1 is 1.33 bits per heavy atom. The lowest BCUT2D eigenvalue weighted by Gasteiger charge is -2.19. The molecule has 0 spiro atoms. The summed E-state index contributed by atoms with van der Waals surface area (Å²) in [5.74, 6) is 3.09. The standard InChI is InChI=1S/C11H23N/c1-5-9-7-11(9)10(6-2)8-12(3)4/h9-11H,5-8H2,1-4H3. The van der Waals surface area contributed by atoms with Crippen molar-refractivity contribution >= 4 is 0 Å². The number of hydrogen-bond acceptors (Lipinski definition) is 1. The molecule has 3 unspecified atom stereocenters. The minimum absolute atomic E-state index is 0.963. The molecular weight excluding hydrogens is 146 g/mol. The molecule has 0 N–H and O–H groups in total. The fourth-order valence-electron chi connectivity index (χ4n) is 2.35. The molecule has 0 heterocycles. The topological polar surface area (TPSA) is 3.24 Å². The van der Waals surface area contributed by atoms with E-state index in [0.29, 0.717) is 0 Å². The Labute approximate surface area is 77.1 Å². The third-order valence-corrected chi connectivity index (χ3v) is 3.23. The SMILES string of the molecule is CCC1CC1C(CC)CN(C)C. The summed E-state index contributed by atoms with van der Waals surface area (Å²) in [7, 11) is 4.37. The molecule has 1 fully saturated rings. The van der Waals surface area contributed by atoms with Gasteiger partial charge in [0.1, 0.15) is 0 Å². The zero-order valence-electron chi connectivity index (χ0n) is 9.01.